The van der Waals surface area contributed by atoms with Gasteiger partial charge in [0.05, 0.1) is 11.1 Å². The fraction of sp³-hybridized carbons (Fsp3) is 0.571. The fourth-order valence-electron chi connectivity index (χ4n) is 2.27. The van der Waals surface area contributed by atoms with Crippen molar-refractivity contribution in [1.82, 2.24) is 10.0 Å². The molecule has 118 valence electrons. The van der Waals surface area contributed by atoms with E-state index in [1.807, 2.05) is 13.0 Å². The first-order valence-corrected chi connectivity index (χ1v) is 8.86. The Labute approximate surface area is 131 Å². The molecule has 0 spiro atoms. The molecule has 1 fully saturated rings. The quantitative estimate of drug-likeness (QED) is 0.800. The first-order chi connectivity index (χ1) is 9.96. The van der Waals surface area contributed by atoms with E-state index in [-0.39, 0.29) is 22.1 Å². The van der Waals surface area contributed by atoms with Crippen LogP contribution in [-0.4, -0.2) is 34.2 Å². The molecule has 0 amide bonds. The average molecular weight is 333 g/mol. The molecule has 5 nitrogen and oxygen atoms in total. The molecule has 0 bridgehead atoms. The summed E-state index contributed by atoms with van der Waals surface area (Å²) < 4.78 is 32.7. The molecule has 0 atom stereocenters. The standard InChI is InChI=1S/C14H21ClN2O3S/c1-3-16-9-10-4-5-13(15)14(6-10)21(18,19)17-11-7-12(8-11)20-2/h4-6,11-12,16-17H,3,7-9H2,1-2H3. The number of sulfonamides is 1. The molecule has 7 heteroatoms. The third-order valence-corrected chi connectivity index (χ3v) is 5.62. The maximum atomic E-state index is 12.4. The Morgan fingerprint density at radius 2 is 2.10 bits per heavy atom. The average Bonchev–Trinajstić information content (AvgIpc) is 2.41. The van der Waals surface area contributed by atoms with E-state index in [1.54, 1.807) is 19.2 Å². The van der Waals surface area contributed by atoms with E-state index in [0.717, 1.165) is 12.1 Å². The highest BCUT2D eigenvalue weighted by atomic mass is 35.5. The SMILES string of the molecule is CCNCc1ccc(Cl)c(S(=O)(=O)NC2CC(OC)C2)c1. The van der Waals surface area contributed by atoms with E-state index in [9.17, 15) is 8.42 Å². The second kappa shape index (κ2) is 7.07. The van der Waals surface area contributed by atoms with E-state index >= 15 is 0 Å². The van der Waals surface area contributed by atoms with Gasteiger partial charge in [-0.2, -0.15) is 0 Å². The Morgan fingerprint density at radius 3 is 2.71 bits per heavy atom. The third kappa shape index (κ3) is 4.17. The van der Waals surface area contributed by atoms with E-state index in [1.165, 1.54) is 0 Å². The first kappa shape index (κ1) is 16.7. The smallest absolute Gasteiger partial charge is 0.242 e. The lowest BCUT2D eigenvalue weighted by Gasteiger charge is -2.34. The number of nitrogens with one attached hydrogen (secondary N) is 2. The van der Waals surface area contributed by atoms with E-state index in [4.69, 9.17) is 16.3 Å². The summed E-state index contributed by atoms with van der Waals surface area (Å²) in [7, 11) is -1.96. The number of benzene rings is 1. The van der Waals surface area contributed by atoms with Crippen LogP contribution in [0, 0.1) is 0 Å². The van der Waals surface area contributed by atoms with Crippen molar-refractivity contribution in [3.63, 3.8) is 0 Å². The Morgan fingerprint density at radius 1 is 1.38 bits per heavy atom. The van der Waals surface area contributed by atoms with Crippen LogP contribution in [0.4, 0.5) is 0 Å². The summed E-state index contributed by atoms with van der Waals surface area (Å²) in [4.78, 5) is 0.139. The Bertz CT molecular complexity index is 586. The maximum Gasteiger partial charge on any atom is 0.242 e. The zero-order valence-corrected chi connectivity index (χ0v) is 13.8. The van der Waals surface area contributed by atoms with Crippen molar-refractivity contribution in [3.8, 4) is 0 Å². The number of hydrogen-bond donors (Lipinski definition) is 2. The minimum absolute atomic E-state index is 0.0755. The summed E-state index contributed by atoms with van der Waals surface area (Å²) in [6.45, 7) is 3.44. The van der Waals surface area contributed by atoms with Crippen LogP contribution in [0.25, 0.3) is 0 Å². The van der Waals surface area contributed by atoms with Crippen molar-refractivity contribution in [3.05, 3.63) is 28.8 Å². The molecule has 1 aliphatic carbocycles. The molecule has 21 heavy (non-hydrogen) atoms. The monoisotopic (exact) mass is 332 g/mol. The summed E-state index contributed by atoms with van der Waals surface area (Å²) in [6.07, 6.45) is 1.54. The van der Waals surface area contributed by atoms with Crippen molar-refractivity contribution in [2.75, 3.05) is 13.7 Å². The predicted octanol–water partition coefficient (Wildman–Crippen LogP) is 1.91. The molecule has 2 rings (SSSR count). The number of rotatable bonds is 7. The van der Waals surface area contributed by atoms with Gasteiger partial charge < -0.3 is 10.1 Å². The van der Waals surface area contributed by atoms with Gasteiger partial charge in [0, 0.05) is 19.7 Å². The second-order valence-corrected chi connectivity index (χ2v) is 7.28. The molecule has 0 saturated heterocycles. The molecular weight excluding hydrogens is 312 g/mol. The van der Waals surface area contributed by atoms with E-state index in [0.29, 0.717) is 19.4 Å². The Hall–Kier alpha value is -0.660. The maximum absolute atomic E-state index is 12.4. The number of methoxy groups -OCH3 is 1. The molecule has 2 N–H and O–H groups in total. The van der Waals surface area contributed by atoms with Gasteiger partial charge in [0.25, 0.3) is 0 Å². The molecule has 1 aromatic carbocycles. The van der Waals surface area contributed by atoms with Gasteiger partial charge in [-0.15, -0.1) is 0 Å². The van der Waals surface area contributed by atoms with Crippen LogP contribution < -0.4 is 10.0 Å². The largest absolute Gasteiger partial charge is 0.381 e. The highest BCUT2D eigenvalue weighted by molar-refractivity contribution is 7.89. The topological polar surface area (TPSA) is 67.4 Å². The molecule has 1 aromatic rings. The fourth-order valence-corrected chi connectivity index (χ4v) is 4.08. The molecular formula is C14H21ClN2O3S. The zero-order chi connectivity index (χ0) is 15.5. The summed E-state index contributed by atoms with van der Waals surface area (Å²) in [5.41, 5.74) is 0.894. The normalized spacial score (nSPS) is 22.0. The molecule has 0 aliphatic heterocycles. The first-order valence-electron chi connectivity index (χ1n) is 7.00. The van der Waals surface area contributed by atoms with Gasteiger partial charge in [-0.25, -0.2) is 13.1 Å². The van der Waals surface area contributed by atoms with Crippen LogP contribution >= 0.6 is 11.6 Å². The molecule has 0 heterocycles. The van der Waals surface area contributed by atoms with Crippen molar-refractivity contribution < 1.29 is 13.2 Å². The number of ether oxygens (including phenoxy) is 1. The van der Waals surface area contributed by atoms with E-state index in [2.05, 4.69) is 10.0 Å². The van der Waals surface area contributed by atoms with Gasteiger partial charge in [0.1, 0.15) is 4.90 Å². The van der Waals surface area contributed by atoms with Crippen molar-refractivity contribution in [2.45, 2.75) is 43.4 Å². The van der Waals surface area contributed by atoms with Crippen LogP contribution in [0.1, 0.15) is 25.3 Å². The predicted molar refractivity (Wildman–Crippen MR) is 83.0 cm³/mol. The lowest BCUT2D eigenvalue weighted by Crippen LogP contribution is -2.47. The highest BCUT2D eigenvalue weighted by Gasteiger charge is 2.33. The van der Waals surface area contributed by atoms with Crippen molar-refractivity contribution in [1.29, 1.82) is 0 Å². The van der Waals surface area contributed by atoms with Crippen LogP contribution in [0.3, 0.4) is 0 Å². The van der Waals surface area contributed by atoms with Crippen LogP contribution in [0.15, 0.2) is 23.1 Å². The molecule has 0 radical (unpaired) electrons. The van der Waals surface area contributed by atoms with Crippen molar-refractivity contribution >= 4 is 21.6 Å². The van der Waals surface area contributed by atoms with Gasteiger partial charge in [0.15, 0.2) is 0 Å². The summed E-state index contributed by atoms with van der Waals surface area (Å²) >= 11 is 6.05. The highest BCUT2D eigenvalue weighted by Crippen LogP contribution is 2.27. The lowest BCUT2D eigenvalue weighted by atomic mass is 9.90. The Balaban J connectivity index is 2.11. The molecule has 1 saturated carbocycles. The van der Waals surface area contributed by atoms with Crippen LogP contribution in [0.2, 0.25) is 5.02 Å². The van der Waals surface area contributed by atoms with Gasteiger partial charge in [-0.3, -0.25) is 0 Å². The minimum atomic E-state index is -3.60. The van der Waals surface area contributed by atoms with Gasteiger partial charge in [-0.1, -0.05) is 24.6 Å². The van der Waals surface area contributed by atoms with Crippen LogP contribution in [0.5, 0.6) is 0 Å². The lowest BCUT2D eigenvalue weighted by molar-refractivity contribution is 0.0236. The van der Waals surface area contributed by atoms with Crippen LogP contribution in [-0.2, 0) is 21.3 Å². The zero-order valence-electron chi connectivity index (χ0n) is 12.2. The van der Waals surface area contributed by atoms with E-state index < -0.39 is 10.0 Å². The summed E-state index contributed by atoms with van der Waals surface area (Å²) in [5.74, 6) is 0. The van der Waals surface area contributed by atoms with Gasteiger partial charge in [-0.05, 0) is 37.1 Å². The molecule has 0 unspecified atom stereocenters. The second-order valence-electron chi connectivity index (χ2n) is 5.19. The summed E-state index contributed by atoms with van der Waals surface area (Å²) in [6, 6.07) is 5.00. The molecule has 1 aliphatic rings. The minimum Gasteiger partial charge on any atom is -0.381 e. The Kier molecular flexibility index (Phi) is 5.62. The number of hydrogen-bond acceptors (Lipinski definition) is 4. The van der Waals surface area contributed by atoms with Crippen molar-refractivity contribution in [2.24, 2.45) is 0 Å². The molecule has 0 aromatic heterocycles. The van der Waals surface area contributed by atoms with Gasteiger partial charge in [0.2, 0.25) is 10.0 Å². The van der Waals surface area contributed by atoms with Gasteiger partial charge >= 0.3 is 0 Å². The number of halogens is 1. The summed E-state index contributed by atoms with van der Waals surface area (Å²) in [5, 5.41) is 3.41. The third-order valence-electron chi connectivity index (χ3n) is 3.61.